The molecule has 49 heavy (non-hydrogen) atoms. The van der Waals surface area contributed by atoms with Gasteiger partial charge < -0.3 is 0 Å². The molecular formula is C49H75. The summed E-state index contributed by atoms with van der Waals surface area (Å²) in [5.74, 6) is 19.8. The van der Waals surface area contributed by atoms with Gasteiger partial charge in [0.05, 0.1) is 0 Å². The fraction of sp³-hybridized carbons (Fsp3) is 0.939. The maximum atomic E-state index is 2.88. The van der Waals surface area contributed by atoms with Crippen LogP contribution in [0, 0.1) is 113 Å². The monoisotopic (exact) mass is 664 g/mol. The summed E-state index contributed by atoms with van der Waals surface area (Å²) in [6, 6.07) is 0. The van der Waals surface area contributed by atoms with Crippen LogP contribution >= 0.6 is 0 Å². The van der Waals surface area contributed by atoms with E-state index in [0.717, 1.165) is 107 Å². The number of allylic oxidation sites excluding steroid dienone is 2. The van der Waals surface area contributed by atoms with Crippen molar-refractivity contribution in [1.82, 2.24) is 0 Å². The molecule has 0 N–H and O–H groups in total. The highest BCUT2D eigenvalue weighted by atomic mass is 14.6. The van der Waals surface area contributed by atoms with Gasteiger partial charge in [0.15, 0.2) is 0 Å². The van der Waals surface area contributed by atoms with E-state index in [4.69, 9.17) is 0 Å². The Morgan fingerprint density at radius 3 is 1.37 bits per heavy atom. The summed E-state index contributed by atoms with van der Waals surface area (Å²) in [5, 5.41) is 0. The summed E-state index contributed by atoms with van der Waals surface area (Å²) in [7, 11) is 0. The van der Waals surface area contributed by atoms with Crippen LogP contribution in [0.3, 0.4) is 0 Å². The van der Waals surface area contributed by atoms with Crippen LogP contribution in [0.15, 0.2) is 11.1 Å². The first-order valence-electron chi connectivity index (χ1n) is 23.9. The standard InChI is InChI=1S/C49H75/c1-3-8-30(9-4-1)38-22-16-33-14-15-37-28-36(13-7-12-32-19-25-41(38)47(33)46(32)37)44-29-45(44)40-24-18-35-20-26-42-39(31-10-5-2-6-11-31)23-17-34-21-27-43(40)49(35)48(34)42/h29-43,46-49H,1-28H2. The van der Waals surface area contributed by atoms with E-state index in [0.29, 0.717) is 0 Å². The normalized spacial score (nSPS) is 53.1. The molecule has 0 nitrogen and oxygen atoms in total. The zero-order chi connectivity index (χ0) is 32.1. The van der Waals surface area contributed by atoms with Crippen LogP contribution in [0.1, 0.15) is 180 Å². The molecule has 271 valence electrons. The Bertz CT molecular complexity index is 1210. The second kappa shape index (κ2) is 13.2. The van der Waals surface area contributed by atoms with Gasteiger partial charge in [-0.25, -0.2) is 0 Å². The van der Waals surface area contributed by atoms with Crippen molar-refractivity contribution in [2.45, 2.75) is 180 Å². The number of hydrogen-bond acceptors (Lipinski definition) is 0. The van der Waals surface area contributed by atoms with Gasteiger partial charge in [-0.2, -0.15) is 0 Å². The average molecular weight is 664 g/mol. The summed E-state index contributed by atoms with van der Waals surface area (Å²) in [4.78, 5) is 0. The van der Waals surface area contributed by atoms with E-state index in [-0.39, 0.29) is 0 Å². The van der Waals surface area contributed by atoms with Crippen molar-refractivity contribution in [3.63, 3.8) is 0 Å². The highest BCUT2D eigenvalue weighted by Crippen LogP contribution is 2.67. The lowest BCUT2D eigenvalue weighted by Gasteiger charge is -2.61. The summed E-state index contributed by atoms with van der Waals surface area (Å²) < 4.78 is 0. The molecule has 0 aromatic rings. The van der Waals surface area contributed by atoms with E-state index in [2.05, 4.69) is 6.42 Å². The molecule has 1 radical (unpaired) electrons. The highest BCUT2D eigenvalue weighted by Gasteiger charge is 2.58. The van der Waals surface area contributed by atoms with Gasteiger partial charge in [0.2, 0.25) is 0 Å². The van der Waals surface area contributed by atoms with Crippen LogP contribution < -0.4 is 0 Å². The van der Waals surface area contributed by atoms with Crippen LogP contribution in [0.25, 0.3) is 0 Å². The Balaban J connectivity index is 0.819. The molecule has 0 bridgehead atoms. The predicted molar refractivity (Wildman–Crippen MR) is 203 cm³/mol. The van der Waals surface area contributed by atoms with Crippen molar-refractivity contribution in [3.8, 4) is 0 Å². The van der Waals surface area contributed by atoms with Gasteiger partial charge in [0, 0.05) is 6.42 Å². The Morgan fingerprint density at radius 1 is 0.286 bits per heavy atom. The van der Waals surface area contributed by atoms with E-state index in [1.807, 2.05) is 11.1 Å². The first-order chi connectivity index (χ1) is 24.3. The van der Waals surface area contributed by atoms with Crippen LogP contribution in [-0.2, 0) is 0 Å². The van der Waals surface area contributed by atoms with E-state index in [1.165, 1.54) is 12.8 Å². The lowest BCUT2D eigenvalue weighted by Crippen LogP contribution is -2.54. The van der Waals surface area contributed by atoms with Gasteiger partial charge in [-0.15, -0.1) is 0 Å². The van der Waals surface area contributed by atoms with Crippen molar-refractivity contribution in [3.05, 3.63) is 17.6 Å². The molecule has 0 heterocycles. The maximum Gasteiger partial charge on any atom is 0.0122 e. The molecule has 10 fully saturated rings. The van der Waals surface area contributed by atoms with Crippen LogP contribution in [0.2, 0.25) is 0 Å². The third kappa shape index (κ3) is 5.50. The molecule has 11 aliphatic carbocycles. The lowest BCUT2D eigenvalue weighted by molar-refractivity contribution is -0.119. The third-order valence-electron chi connectivity index (χ3n) is 20.4. The zero-order valence-corrected chi connectivity index (χ0v) is 31.8. The van der Waals surface area contributed by atoms with Crippen molar-refractivity contribution in [1.29, 1.82) is 0 Å². The summed E-state index contributed by atoms with van der Waals surface area (Å²) >= 11 is 0. The Kier molecular flexibility index (Phi) is 8.70. The second-order valence-corrected chi connectivity index (χ2v) is 21.8. The minimum Gasteiger partial charge on any atom is -0.0589 e. The van der Waals surface area contributed by atoms with Gasteiger partial charge in [0.25, 0.3) is 0 Å². The highest BCUT2D eigenvalue weighted by molar-refractivity contribution is 5.54. The lowest BCUT2D eigenvalue weighted by atomic mass is 9.44. The average Bonchev–Trinajstić information content (AvgIpc) is 3.95. The Morgan fingerprint density at radius 2 is 0.735 bits per heavy atom. The molecule has 0 amide bonds. The fourth-order valence-corrected chi connectivity index (χ4v) is 18.9. The number of hydrogen-bond donors (Lipinski definition) is 0. The quantitative estimate of drug-likeness (QED) is 0.281. The number of rotatable bonds is 4. The smallest absolute Gasteiger partial charge is 0.0122 e. The molecule has 0 saturated heterocycles. The van der Waals surface area contributed by atoms with E-state index < -0.39 is 0 Å². The zero-order valence-electron chi connectivity index (χ0n) is 31.8. The first-order valence-corrected chi connectivity index (χ1v) is 23.9. The molecule has 0 aliphatic heterocycles. The molecule has 11 aliphatic rings. The largest absolute Gasteiger partial charge is 0.0589 e. The molecule has 0 spiro atoms. The van der Waals surface area contributed by atoms with Crippen molar-refractivity contribution >= 4 is 0 Å². The van der Waals surface area contributed by atoms with E-state index >= 15 is 0 Å². The molecule has 16 atom stereocenters. The van der Waals surface area contributed by atoms with E-state index in [1.54, 1.807) is 167 Å². The van der Waals surface area contributed by atoms with Gasteiger partial charge in [-0.05, 0) is 209 Å². The predicted octanol–water partition coefficient (Wildman–Crippen LogP) is 13.7. The van der Waals surface area contributed by atoms with Crippen LogP contribution in [-0.4, -0.2) is 0 Å². The summed E-state index contributed by atoms with van der Waals surface area (Å²) in [5.41, 5.74) is 3.98. The van der Waals surface area contributed by atoms with Gasteiger partial charge in [-0.1, -0.05) is 88.2 Å². The summed E-state index contributed by atoms with van der Waals surface area (Å²) in [6.07, 6.45) is 47.5. The Labute approximate surface area is 303 Å². The molecule has 0 aromatic carbocycles. The topological polar surface area (TPSA) is 0 Å². The van der Waals surface area contributed by atoms with E-state index in [9.17, 15) is 0 Å². The molecular weight excluding hydrogens is 589 g/mol. The third-order valence-corrected chi connectivity index (χ3v) is 20.4. The van der Waals surface area contributed by atoms with Crippen molar-refractivity contribution in [2.75, 3.05) is 0 Å². The maximum absolute atomic E-state index is 2.88. The minimum absolute atomic E-state index is 0.953. The van der Waals surface area contributed by atoms with Crippen molar-refractivity contribution in [2.24, 2.45) is 107 Å². The Hall–Kier alpha value is -0.260. The van der Waals surface area contributed by atoms with Crippen LogP contribution in [0.4, 0.5) is 0 Å². The molecule has 11 rings (SSSR count). The first kappa shape index (κ1) is 32.2. The molecule has 10 saturated carbocycles. The molecule has 16 unspecified atom stereocenters. The second-order valence-electron chi connectivity index (χ2n) is 21.8. The minimum atomic E-state index is 0.953. The fourth-order valence-electron chi connectivity index (χ4n) is 18.9. The van der Waals surface area contributed by atoms with Gasteiger partial charge in [-0.3, -0.25) is 0 Å². The van der Waals surface area contributed by atoms with Crippen molar-refractivity contribution < 1.29 is 0 Å². The van der Waals surface area contributed by atoms with Gasteiger partial charge in [0.1, 0.15) is 0 Å². The summed E-state index contributed by atoms with van der Waals surface area (Å²) in [6.45, 7) is 0. The SMILES string of the molecule is [CH]1C(C2CCCC3CCC4C(C5CCCCC5)CCC5CCC(C2)C3C54)=C1C1CCC2CCC3C(C4CCCCC4)CCC4CCC1C2C43. The molecule has 0 aromatic heterocycles. The van der Waals surface area contributed by atoms with Crippen LogP contribution in [0.5, 0.6) is 0 Å². The van der Waals surface area contributed by atoms with Gasteiger partial charge >= 0.3 is 0 Å². The molecule has 0 heteroatoms.